The van der Waals surface area contributed by atoms with Gasteiger partial charge in [0.1, 0.15) is 6.26 Å². The van der Waals surface area contributed by atoms with Gasteiger partial charge in [-0.2, -0.15) is 0 Å². The Hall–Kier alpha value is -1.73. The van der Waals surface area contributed by atoms with Crippen molar-refractivity contribution in [1.82, 2.24) is 5.32 Å². The van der Waals surface area contributed by atoms with E-state index in [0.29, 0.717) is 17.0 Å². The maximum Gasteiger partial charge on any atom is 0.194 e. The molecule has 3 N–H and O–H groups in total. The molecule has 0 aliphatic heterocycles. The molecule has 2 atom stereocenters. The van der Waals surface area contributed by atoms with Crippen LogP contribution in [0.3, 0.4) is 0 Å². The molecule has 2 aromatic carbocycles. The van der Waals surface area contributed by atoms with Crippen molar-refractivity contribution < 1.29 is 14.8 Å². The molecule has 2 rings (SSSR count). The molecule has 0 bridgehead atoms. The Morgan fingerprint density at radius 2 is 1.85 bits per heavy atom. The third-order valence-corrected chi connectivity index (χ3v) is 5.51. The quantitative estimate of drug-likeness (QED) is 0.406. The molecule has 0 amide bonds. The molecule has 0 fully saturated rings. The standard InChI is InChI=1S/C21H30N2O3S/c1-23(18-9-5-3-6-10-18)14-8-4-7-13-22-16-20(25)17-11-12-19(24)21(15-17)27(2)26/h3,5-6,9-12,15,20,22,24-25H,4,7-8,13-14,16H2,1-2H3. The Balaban J connectivity index is 1.62. The Morgan fingerprint density at radius 3 is 2.56 bits per heavy atom. The van der Waals surface area contributed by atoms with Crippen LogP contribution in [0.25, 0.3) is 0 Å². The van der Waals surface area contributed by atoms with Gasteiger partial charge in [-0.25, -0.2) is 0 Å². The van der Waals surface area contributed by atoms with Crippen LogP contribution in [0.5, 0.6) is 5.75 Å². The summed E-state index contributed by atoms with van der Waals surface area (Å²) in [5, 5.41) is 23.2. The molecule has 5 nitrogen and oxygen atoms in total. The van der Waals surface area contributed by atoms with Crippen molar-refractivity contribution in [1.29, 1.82) is 0 Å². The number of anilines is 1. The van der Waals surface area contributed by atoms with Crippen LogP contribution in [0, 0.1) is 0 Å². The van der Waals surface area contributed by atoms with Crippen LogP contribution in [0.1, 0.15) is 30.9 Å². The molecule has 0 saturated heterocycles. The lowest BCUT2D eigenvalue weighted by molar-refractivity contribution is 0.174. The molecule has 0 aliphatic carbocycles. The maximum absolute atomic E-state index is 11.6. The molecule has 6 heteroatoms. The summed E-state index contributed by atoms with van der Waals surface area (Å²) in [6.07, 6.45) is 4.13. The van der Waals surface area contributed by atoms with E-state index in [4.69, 9.17) is 0 Å². The zero-order chi connectivity index (χ0) is 19.6. The van der Waals surface area contributed by atoms with Crippen LogP contribution in [0.4, 0.5) is 5.69 Å². The summed E-state index contributed by atoms with van der Waals surface area (Å²) in [6.45, 7) is 2.30. The van der Waals surface area contributed by atoms with Crippen molar-refractivity contribution in [3.63, 3.8) is 0 Å². The van der Waals surface area contributed by atoms with Crippen LogP contribution in [0.2, 0.25) is 0 Å². The summed E-state index contributed by atoms with van der Waals surface area (Å²) in [7, 11) is 2.11. The second kappa shape index (κ2) is 11.2. The molecular formula is C21H30N2O3S. The van der Waals surface area contributed by atoms with E-state index in [1.807, 2.05) is 6.07 Å². The predicted molar refractivity (Wildman–Crippen MR) is 112 cm³/mol. The summed E-state index contributed by atoms with van der Waals surface area (Å²) in [4.78, 5) is 2.62. The van der Waals surface area contributed by atoms with Gasteiger partial charge in [0.2, 0.25) is 0 Å². The topological polar surface area (TPSA) is 78.8 Å². The molecule has 148 valence electrons. The highest BCUT2D eigenvalue weighted by atomic mass is 32.2. The highest BCUT2D eigenvalue weighted by molar-refractivity contribution is 7.90. The Bertz CT molecular complexity index is 682. The van der Waals surface area contributed by atoms with Gasteiger partial charge in [0, 0.05) is 31.9 Å². The third-order valence-electron chi connectivity index (χ3n) is 4.56. The first-order chi connectivity index (χ1) is 13.0. The van der Waals surface area contributed by atoms with E-state index in [9.17, 15) is 14.8 Å². The van der Waals surface area contributed by atoms with Crippen molar-refractivity contribution in [2.75, 3.05) is 37.8 Å². The maximum atomic E-state index is 11.6. The number of aromatic hydroxyl groups is 1. The third kappa shape index (κ3) is 7.07. The average Bonchev–Trinajstić information content (AvgIpc) is 2.67. The molecular weight excluding hydrogens is 360 g/mol. The molecule has 27 heavy (non-hydrogen) atoms. The Labute approximate surface area is 165 Å². The van der Waals surface area contributed by atoms with Crippen molar-refractivity contribution in [3.05, 3.63) is 54.1 Å². The smallest absolute Gasteiger partial charge is 0.194 e. The van der Waals surface area contributed by atoms with Gasteiger partial charge in [0.15, 0.2) is 10.6 Å². The highest BCUT2D eigenvalue weighted by Gasteiger charge is 2.15. The van der Waals surface area contributed by atoms with E-state index >= 15 is 0 Å². The van der Waals surface area contributed by atoms with Gasteiger partial charge in [-0.1, -0.05) is 30.7 Å². The van der Waals surface area contributed by atoms with Crippen molar-refractivity contribution in [3.8, 4) is 5.75 Å². The molecule has 2 aromatic rings. The number of benzene rings is 2. The molecule has 0 aromatic heterocycles. The molecule has 0 spiro atoms. The fraction of sp³-hybridized carbons (Fsp3) is 0.429. The highest BCUT2D eigenvalue weighted by Crippen LogP contribution is 2.26. The van der Waals surface area contributed by atoms with E-state index in [-0.39, 0.29) is 5.75 Å². The number of aliphatic hydroxyl groups excluding tert-OH is 1. The number of phenols is 1. The Kier molecular flexibility index (Phi) is 8.94. The van der Waals surface area contributed by atoms with Gasteiger partial charge in [0.25, 0.3) is 0 Å². The van der Waals surface area contributed by atoms with Crippen molar-refractivity contribution >= 4 is 16.9 Å². The summed E-state index contributed by atoms with van der Waals surface area (Å²) in [6, 6.07) is 15.1. The zero-order valence-corrected chi connectivity index (χ0v) is 16.9. The molecule has 0 saturated carbocycles. The minimum Gasteiger partial charge on any atom is -0.612 e. The molecule has 2 unspecified atom stereocenters. The first kappa shape index (κ1) is 21.6. The fourth-order valence-corrected chi connectivity index (χ4v) is 3.58. The van der Waals surface area contributed by atoms with E-state index in [1.54, 1.807) is 12.1 Å². The minimum atomic E-state index is -1.28. The van der Waals surface area contributed by atoms with Gasteiger partial charge in [0.05, 0.1) is 6.10 Å². The zero-order valence-electron chi connectivity index (χ0n) is 16.1. The summed E-state index contributed by atoms with van der Waals surface area (Å²) in [5.41, 5.74) is 1.90. The van der Waals surface area contributed by atoms with Crippen LogP contribution in [0.15, 0.2) is 53.4 Å². The van der Waals surface area contributed by atoms with Crippen LogP contribution >= 0.6 is 0 Å². The summed E-state index contributed by atoms with van der Waals surface area (Å²) in [5.74, 6) is 0.000197. The SMILES string of the molecule is CN(CCCCCNCC(O)c1ccc(O)c([S+](C)[O-])c1)c1ccccc1. The second-order valence-corrected chi connectivity index (χ2v) is 8.07. The van der Waals surface area contributed by atoms with E-state index in [1.165, 1.54) is 18.0 Å². The largest absolute Gasteiger partial charge is 0.612 e. The molecule has 0 heterocycles. The number of hydrogen-bond acceptors (Lipinski definition) is 5. The lowest BCUT2D eigenvalue weighted by Gasteiger charge is -2.19. The number of hydrogen-bond donors (Lipinski definition) is 3. The van der Waals surface area contributed by atoms with E-state index in [2.05, 4.69) is 41.5 Å². The van der Waals surface area contributed by atoms with Crippen LogP contribution in [-0.4, -0.2) is 47.7 Å². The van der Waals surface area contributed by atoms with Gasteiger partial charge in [-0.15, -0.1) is 0 Å². The molecule has 0 aliphatic rings. The Morgan fingerprint density at radius 1 is 1.11 bits per heavy atom. The van der Waals surface area contributed by atoms with E-state index < -0.39 is 17.3 Å². The lowest BCUT2D eigenvalue weighted by atomic mass is 10.1. The van der Waals surface area contributed by atoms with Gasteiger partial charge in [-0.05, 0) is 54.3 Å². The summed E-state index contributed by atoms with van der Waals surface area (Å²) >= 11 is -1.28. The van der Waals surface area contributed by atoms with E-state index in [0.717, 1.165) is 32.4 Å². The number of nitrogens with one attached hydrogen (secondary N) is 1. The number of para-hydroxylation sites is 1. The van der Waals surface area contributed by atoms with Gasteiger partial charge < -0.3 is 25.0 Å². The second-order valence-electron chi connectivity index (χ2n) is 6.72. The van der Waals surface area contributed by atoms with Crippen LogP contribution in [-0.2, 0) is 11.2 Å². The summed E-state index contributed by atoms with van der Waals surface area (Å²) < 4.78 is 11.6. The van der Waals surface area contributed by atoms with Crippen molar-refractivity contribution in [2.45, 2.75) is 30.3 Å². The average molecular weight is 391 g/mol. The fourth-order valence-electron chi connectivity index (χ4n) is 2.91. The number of rotatable bonds is 11. The van der Waals surface area contributed by atoms with Gasteiger partial charge >= 0.3 is 0 Å². The van der Waals surface area contributed by atoms with Gasteiger partial charge in [-0.3, -0.25) is 0 Å². The number of unbranched alkanes of at least 4 members (excludes halogenated alkanes) is 2. The minimum absolute atomic E-state index is 0.000197. The number of aliphatic hydroxyl groups is 1. The lowest BCUT2D eigenvalue weighted by Crippen LogP contribution is -2.23. The number of phenolic OH excluding ortho intramolecular Hbond substituents is 1. The number of nitrogens with zero attached hydrogens (tertiary/aromatic N) is 1. The monoisotopic (exact) mass is 390 g/mol. The first-order valence-corrected chi connectivity index (χ1v) is 10.9. The van der Waals surface area contributed by atoms with Crippen LogP contribution < -0.4 is 10.2 Å². The predicted octanol–water partition coefficient (Wildman–Crippen LogP) is 3.06. The van der Waals surface area contributed by atoms with Crippen molar-refractivity contribution in [2.24, 2.45) is 0 Å². The first-order valence-electron chi connectivity index (χ1n) is 9.30. The molecule has 0 radical (unpaired) electrons. The normalized spacial score (nSPS) is 13.3.